The number of carbonyl (C=O) groups is 2. The van der Waals surface area contributed by atoms with Crippen molar-refractivity contribution in [2.75, 3.05) is 7.11 Å². The number of nitrogens with one attached hydrogen (secondary N) is 1. The normalized spacial score (nSPS) is 11.6. The molecule has 0 spiro atoms. The first-order valence-corrected chi connectivity index (χ1v) is 6.42. The van der Waals surface area contributed by atoms with E-state index in [0.29, 0.717) is 5.56 Å². The molecule has 6 heteroatoms. The van der Waals surface area contributed by atoms with Crippen molar-refractivity contribution in [1.29, 1.82) is 0 Å². The zero-order valence-corrected chi connectivity index (χ0v) is 11.7. The Morgan fingerprint density at radius 1 is 1.05 bits per heavy atom. The van der Waals surface area contributed by atoms with E-state index in [1.165, 1.54) is 13.2 Å². The third-order valence-electron chi connectivity index (χ3n) is 3.04. The van der Waals surface area contributed by atoms with Gasteiger partial charge in [-0.05, 0) is 17.7 Å². The van der Waals surface area contributed by atoms with Crippen molar-refractivity contribution < 1.29 is 23.1 Å². The average Bonchev–Trinajstić information content (AvgIpc) is 2.55. The minimum Gasteiger partial charge on any atom is -0.467 e. The van der Waals surface area contributed by atoms with E-state index >= 15 is 0 Å². The van der Waals surface area contributed by atoms with Gasteiger partial charge in [0.1, 0.15) is 0 Å². The van der Waals surface area contributed by atoms with Crippen LogP contribution in [0.3, 0.4) is 0 Å². The molecule has 0 aliphatic heterocycles. The van der Waals surface area contributed by atoms with E-state index in [0.717, 1.165) is 12.1 Å². The Labute approximate surface area is 125 Å². The van der Waals surface area contributed by atoms with E-state index in [9.17, 15) is 18.4 Å². The number of carbonyl (C=O) groups excluding carboxylic acids is 2. The van der Waals surface area contributed by atoms with Crippen LogP contribution in [-0.2, 0) is 9.53 Å². The summed E-state index contributed by atoms with van der Waals surface area (Å²) in [6, 6.07) is 10.5. The van der Waals surface area contributed by atoms with Gasteiger partial charge in [0.05, 0.1) is 12.7 Å². The van der Waals surface area contributed by atoms with Crippen LogP contribution in [0.5, 0.6) is 0 Å². The van der Waals surface area contributed by atoms with Crippen LogP contribution in [0.4, 0.5) is 8.78 Å². The fraction of sp³-hybridized carbons (Fsp3) is 0.125. The molecule has 0 saturated heterocycles. The molecule has 1 amide bonds. The van der Waals surface area contributed by atoms with E-state index in [-0.39, 0.29) is 0 Å². The summed E-state index contributed by atoms with van der Waals surface area (Å²) in [7, 11) is 1.17. The third-order valence-corrected chi connectivity index (χ3v) is 3.04. The van der Waals surface area contributed by atoms with Crippen molar-refractivity contribution in [2.24, 2.45) is 0 Å². The number of methoxy groups -OCH3 is 1. The van der Waals surface area contributed by atoms with Crippen molar-refractivity contribution in [3.8, 4) is 0 Å². The molecule has 0 aliphatic rings. The van der Waals surface area contributed by atoms with Crippen LogP contribution in [0, 0.1) is 11.6 Å². The molecule has 1 atom stereocenters. The number of hydrogen-bond acceptors (Lipinski definition) is 3. The van der Waals surface area contributed by atoms with Crippen molar-refractivity contribution >= 4 is 11.9 Å². The summed E-state index contributed by atoms with van der Waals surface area (Å²) in [5.41, 5.74) is -0.00987. The van der Waals surface area contributed by atoms with E-state index < -0.39 is 35.1 Å². The van der Waals surface area contributed by atoms with E-state index in [1.807, 2.05) is 0 Å². The highest BCUT2D eigenvalue weighted by atomic mass is 19.2. The zero-order chi connectivity index (χ0) is 16.1. The lowest BCUT2D eigenvalue weighted by Gasteiger charge is -2.17. The number of halogens is 2. The van der Waals surface area contributed by atoms with Crippen LogP contribution in [0.1, 0.15) is 22.0 Å². The molecule has 1 unspecified atom stereocenters. The number of amides is 1. The monoisotopic (exact) mass is 305 g/mol. The predicted octanol–water partition coefficient (Wildman–Crippen LogP) is 2.61. The van der Waals surface area contributed by atoms with Crippen LogP contribution in [-0.4, -0.2) is 19.0 Å². The SMILES string of the molecule is COC(=O)C(NC(=O)c1cccc(F)c1F)c1ccccc1. The fourth-order valence-corrected chi connectivity index (χ4v) is 1.93. The first-order valence-electron chi connectivity index (χ1n) is 6.42. The maximum absolute atomic E-state index is 13.6. The molecule has 0 bridgehead atoms. The molecule has 0 aliphatic carbocycles. The first kappa shape index (κ1) is 15.6. The van der Waals surface area contributed by atoms with Crippen LogP contribution in [0.2, 0.25) is 0 Å². The molecule has 2 rings (SSSR count). The number of rotatable bonds is 4. The average molecular weight is 305 g/mol. The van der Waals surface area contributed by atoms with Gasteiger partial charge in [-0.25, -0.2) is 13.6 Å². The minimum atomic E-state index is -1.27. The van der Waals surface area contributed by atoms with Crippen molar-refractivity contribution in [3.63, 3.8) is 0 Å². The third kappa shape index (κ3) is 3.28. The topological polar surface area (TPSA) is 55.4 Å². The van der Waals surface area contributed by atoms with Gasteiger partial charge in [-0.1, -0.05) is 36.4 Å². The summed E-state index contributed by atoms with van der Waals surface area (Å²) in [5, 5.41) is 2.35. The van der Waals surface area contributed by atoms with Gasteiger partial charge >= 0.3 is 5.97 Å². The largest absolute Gasteiger partial charge is 0.467 e. The quantitative estimate of drug-likeness (QED) is 0.883. The maximum atomic E-state index is 13.6. The first-order chi connectivity index (χ1) is 10.5. The molecule has 2 aromatic carbocycles. The molecule has 2 aromatic rings. The second-order valence-electron chi connectivity index (χ2n) is 4.44. The second-order valence-corrected chi connectivity index (χ2v) is 4.44. The minimum absolute atomic E-state index is 0.472. The second kappa shape index (κ2) is 6.80. The Kier molecular flexibility index (Phi) is 4.83. The highest BCUT2D eigenvalue weighted by Crippen LogP contribution is 2.17. The van der Waals surface area contributed by atoms with Gasteiger partial charge in [0.2, 0.25) is 0 Å². The standard InChI is InChI=1S/C16H13F2NO3/c1-22-16(21)14(10-6-3-2-4-7-10)19-15(20)11-8-5-9-12(17)13(11)18/h2-9,14H,1H3,(H,19,20). The number of hydrogen-bond donors (Lipinski definition) is 1. The van der Waals surface area contributed by atoms with Gasteiger partial charge < -0.3 is 10.1 Å². The van der Waals surface area contributed by atoms with Gasteiger partial charge in [-0.15, -0.1) is 0 Å². The summed E-state index contributed by atoms with van der Waals surface area (Å²) in [6.45, 7) is 0. The molecule has 22 heavy (non-hydrogen) atoms. The van der Waals surface area contributed by atoms with Gasteiger partial charge in [0, 0.05) is 0 Å². The summed E-state index contributed by atoms with van der Waals surface area (Å²) in [4.78, 5) is 23.9. The summed E-state index contributed by atoms with van der Waals surface area (Å²) in [6.07, 6.45) is 0. The van der Waals surface area contributed by atoms with Gasteiger partial charge in [-0.2, -0.15) is 0 Å². The lowest BCUT2D eigenvalue weighted by atomic mass is 10.1. The summed E-state index contributed by atoms with van der Waals surface area (Å²) < 4.78 is 31.4. The van der Waals surface area contributed by atoms with Gasteiger partial charge in [-0.3, -0.25) is 4.79 Å². The molecule has 114 valence electrons. The molecular formula is C16H13F2NO3. The Morgan fingerprint density at radius 2 is 1.73 bits per heavy atom. The van der Waals surface area contributed by atoms with Gasteiger partial charge in [0.15, 0.2) is 17.7 Å². The Bertz CT molecular complexity index is 689. The lowest BCUT2D eigenvalue weighted by molar-refractivity contribution is -0.143. The van der Waals surface area contributed by atoms with Crippen molar-refractivity contribution in [1.82, 2.24) is 5.32 Å². The summed E-state index contributed by atoms with van der Waals surface area (Å²) in [5.74, 6) is -4.02. The molecule has 0 fully saturated rings. The van der Waals surface area contributed by atoms with E-state index in [4.69, 9.17) is 0 Å². The maximum Gasteiger partial charge on any atom is 0.333 e. The molecule has 0 heterocycles. The number of ether oxygens (including phenoxy) is 1. The summed E-state index contributed by atoms with van der Waals surface area (Å²) >= 11 is 0. The van der Waals surface area contributed by atoms with Crippen LogP contribution in [0.25, 0.3) is 0 Å². The number of esters is 1. The fourth-order valence-electron chi connectivity index (χ4n) is 1.93. The highest BCUT2D eigenvalue weighted by molar-refractivity contribution is 5.97. The van der Waals surface area contributed by atoms with Crippen molar-refractivity contribution in [3.05, 3.63) is 71.3 Å². The van der Waals surface area contributed by atoms with Crippen LogP contribution in [0.15, 0.2) is 48.5 Å². The Morgan fingerprint density at radius 3 is 2.36 bits per heavy atom. The number of benzene rings is 2. The Hall–Kier alpha value is -2.76. The Balaban J connectivity index is 2.29. The molecule has 0 aromatic heterocycles. The molecule has 0 saturated carbocycles. The van der Waals surface area contributed by atoms with Crippen molar-refractivity contribution in [2.45, 2.75) is 6.04 Å². The predicted molar refractivity (Wildman–Crippen MR) is 75.0 cm³/mol. The smallest absolute Gasteiger partial charge is 0.333 e. The van der Waals surface area contributed by atoms with Crippen LogP contribution < -0.4 is 5.32 Å². The molecule has 1 N–H and O–H groups in total. The van der Waals surface area contributed by atoms with Crippen LogP contribution >= 0.6 is 0 Å². The van der Waals surface area contributed by atoms with E-state index in [2.05, 4.69) is 10.1 Å². The highest BCUT2D eigenvalue weighted by Gasteiger charge is 2.25. The molecule has 0 radical (unpaired) electrons. The van der Waals surface area contributed by atoms with E-state index in [1.54, 1.807) is 30.3 Å². The lowest BCUT2D eigenvalue weighted by Crippen LogP contribution is -2.35. The molecule has 4 nitrogen and oxygen atoms in total. The van der Waals surface area contributed by atoms with Gasteiger partial charge in [0.25, 0.3) is 5.91 Å². The zero-order valence-electron chi connectivity index (χ0n) is 11.7. The molecular weight excluding hydrogens is 292 g/mol.